The third-order valence-corrected chi connectivity index (χ3v) is 4.91. The van der Waals surface area contributed by atoms with Crippen LogP contribution < -0.4 is 0 Å². The molecular weight excluding hydrogens is 264 g/mol. The lowest BCUT2D eigenvalue weighted by Crippen LogP contribution is -2.39. The third-order valence-electron chi connectivity index (χ3n) is 4.91. The van der Waals surface area contributed by atoms with E-state index in [9.17, 15) is 9.90 Å². The van der Waals surface area contributed by atoms with Crippen molar-refractivity contribution in [3.8, 4) is 6.07 Å². The Kier molecular flexibility index (Phi) is 4.34. The molecule has 1 aromatic rings. The minimum Gasteiger partial charge on any atom is -0.481 e. The molecule has 1 aromatic carbocycles. The fourth-order valence-corrected chi connectivity index (χ4v) is 3.17. The first-order valence-electron chi connectivity index (χ1n) is 7.38. The molecule has 2 rings (SSSR count). The molecule has 0 saturated carbocycles. The number of hydrogen-bond donors (Lipinski definition) is 1. The summed E-state index contributed by atoms with van der Waals surface area (Å²) < 4.78 is 0. The van der Waals surface area contributed by atoms with Crippen molar-refractivity contribution >= 4 is 5.97 Å². The standard InChI is InChI=1S/C17H22N2O2/c1-12(2)17(16(20)21)7-8-19(11-17)13(3)15-6-4-5-14(9-15)10-18/h4-6,9,12-13H,7-8,11H2,1-3H3,(H,20,21). The van der Waals surface area contributed by atoms with Crippen LogP contribution in [0.15, 0.2) is 24.3 Å². The zero-order valence-electron chi connectivity index (χ0n) is 12.8. The Morgan fingerprint density at radius 2 is 2.14 bits per heavy atom. The number of carbonyl (C=O) groups is 1. The fourth-order valence-electron chi connectivity index (χ4n) is 3.17. The van der Waals surface area contributed by atoms with Gasteiger partial charge in [-0.2, -0.15) is 5.26 Å². The Bertz CT molecular complexity index is 576. The van der Waals surface area contributed by atoms with Crippen molar-refractivity contribution in [1.29, 1.82) is 5.26 Å². The van der Waals surface area contributed by atoms with E-state index in [4.69, 9.17) is 5.26 Å². The summed E-state index contributed by atoms with van der Waals surface area (Å²) in [4.78, 5) is 13.9. The summed E-state index contributed by atoms with van der Waals surface area (Å²) in [6.07, 6.45) is 0.683. The van der Waals surface area contributed by atoms with E-state index in [0.29, 0.717) is 18.5 Å². The molecule has 1 aliphatic rings. The molecule has 1 fully saturated rings. The molecule has 4 heteroatoms. The van der Waals surface area contributed by atoms with E-state index in [2.05, 4.69) is 17.9 Å². The first-order valence-corrected chi connectivity index (χ1v) is 7.38. The van der Waals surface area contributed by atoms with E-state index < -0.39 is 11.4 Å². The third kappa shape index (κ3) is 2.79. The number of aliphatic carboxylic acids is 1. The molecule has 21 heavy (non-hydrogen) atoms. The lowest BCUT2D eigenvalue weighted by atomic mass is 9.76. The van der Waals surface area contributed by atoms with Gasteiger partial charge in [0, 0.05) is 12.6 Å². The van der Waals surface area contributed by atoms with Gasteiger partial charge in [0.15, 0.2) is 0 Å². The van der Waals surface area contributed by atoms with Gasteiger partial charge < -0.3 is 5.11 Å². The van der Waals surface area contributed by atoms with Gasteiger partial charge in [-0.05, 0) is 43.5 Å². The Labute approximate surface area is 126 Å². The van der Waals surface area contributed by atoms with Gasteiger partial charge in [-0.3, -0.25) is 9.69 Å². The Morgan fingerprint density at radius 3 is 2.67 bits per heavy atom. The first-order chi connectivity index (χ1) is 9.90. The van der Waals surface area contributed by atoms with Gasteiger partial charge in [-0.1, -0.05) is 26.0 Å². The molecule has 0 amide bonds. The van der Waals surface area contributed by atoms with E-state index in [0.717, 1.165) is 12.1 Å². The van der Waals surface area contributed by atoms with Crippen LogP contribution in [0.3, 0.4) is 0 Å². The summed E-state index contributed by atoms with van der Waals surface area (Å²) in [5, 5.41) is 18.6. The van der Waals surface area contributed by atoms with Crippen LogP contribution in [0.4, 0.5) is 0 Å². The van der Waals surface area contributed by atoms with Crippen LogP contribution in [-0.2, 0) is 4.79 Å². The molecule has 1 heterocycles. The van der Waals surface area contributed by atoms with E-state index in [1.165, 1.54) is 0 Å². The lowest BCUT2D eigenvalue weighted by Gasteiger charge is -2.31. The number of benzene rings is 1. The molecule has 0 radical (unpaired) electrons. The highest BCUT2D eigenvalue weighted by atomic mass is 16.4. The van der Waals surface area contributed by atoms with Gasteiger partial charge in [-0.25, -0.2) is 0 Å². The maximum atomic E-state index is 11.7. The SMILES string of the molecule is CC(c1cccc(C#N)c1)N1CCC(C(=O)O)(C(C)C)C1. The predicted octanol–water partition coefficient (Wildman–Crippen LogP) is 3.05. The minimum atomic E-state index is -0.696. The highest BCUT2D eigenvalue weighted by Gasteiger charge is 2.48. The topological polar surface area (TPSA) is 64.3 Å². The second kappa shape index (κ2) is 5.87. The van der Waals surface area contributed by atoms with E-state index in [1.807, 2.05) is 32.0 Å². The van der Waals surface area contributed by atoms with Crippen molar-refractivity contribution in [2.24, 2.45) is 11.3 Å². The highest BCUT2D eigenvalue weighted by Crippen LogP contribution is 2.41. The molecule has 2 unspecified atom stereocenters. The molecule has 1 aliphatic heterocycles. The van der Waals surface area contributed by atoms with Gasteiger partial charge in [-0.15, -0.1) is 0 Å². The Balaban J connectivity index is 2.20. The van der Waals surface area contributed by atoms with Gasteiger partial charge in [0.2, 0.25) is 0 Å². The van der Waals surface area contributed by atoms with Gasteiger partial charge in [0.05, 0.1) is 17.0 Å². The second-order valence-electron chi connectivity index (χ2n) is 6.25. The van der Waals surface area contributed by atoms with Crippen LogP contribution in [0.2, 0.25) is 0 Å². The van der Waals surface area contributed by atoms with Crippen LogP contribution in [0.25, 0.3) is 0 Å². The summed E-state index contributed by atoms with van der Waals surface area (Å²) in [6.45, 7) is 7.40. The first kappa shape index (κ1) is 15.5. The maximum absolute atomic E-state index is 11.7. The average molecular weight is 286 g/mol. The molecule has 4 nitrogen and oxygen atoms in total. The average Bonchev–Trinajstić information content (AvgIpc) is 2.93. The van der Waals surface area contributed by atoms with Crippen molar-refractivity contribution in [3.05, 3.63) is 35.4 Å². The molecule has 0 spiro atoms. The molecule has 2 atom stereocenters. The van der Waals surface area contributed by atoms with Gasteiger partial charge in [0.25, 0.3) is 0 Å². The Morgan fingerprint density at radius 1 is 1.43 bits per heavy atom. The normalized spacial score (nSPS) is 24.0. The second-order valence-corrected chi connectivity index (χ2v) is 6.25. The number of hydrogen-bond acceptors (Lipinski definition) is 3. The number of carboxylic acids is 1. The minimum absolute atomic E-state index is 0.109. The number of carboxylic acid groups (broad SMARTS) is 1. The Hall–Kier alpha value is -1.86. The smallest absolute Gasteiger partial charge is 0.311 e. The quantitative estimate of drug-likeness (QED) is 0.924. The van der Waals surface area contributed by atoms with Gasteiger partial charge >= 0.3 is 5.97 Å². The van der Waals surface area contributed by atoms with Crippen LogP contribution in [0.1, 0.15) is 44.4 Å². The largest absolute Gasteiger partial charge is 0.481 e. The maximum Gasteiger partial charge on any atom is 0.311 e. The predicted molar refractivity (Wildman–Crippen MR) is 80.7 cm³/mol. The van der Waals surface area contributed by atoms with Crippen LogP contribution in [0.5, 0.6) is 0 Å². The monoisotopic (exact) mass is 286 g/mol. The summed E-state index contributed by atoms with van der Waals surface area (Å²) in [5.74, 6) is -0.587. The zero-order chi connectivity index (χ0) is 15.6. The van der Waals surface area contributed by atoms with Crippen molar-refractivity contribution in [1.82, 2.24) is 4.90 Å². The lowest BCUT2D eigenvalue weighted by molar-refractivity contribution is -0.151. The van der Waals surface area contributed by atoms with E-state index in [1.54, 1.807) is 6.07 Å². The van der Waals surface area contributed by atoms with E-state index >= 15 is 0 Å². The number of nitrogens with zero attached hydrogens (tertiary/aromatic N) is 2. The van der Waals surface area contributed by atoms with Crippen LogP contribution in [0, 0.1) is 22.7 Å². The number of rotatable bonds is 4. The molecule has 0 aromatic heterocycles. The van der Waals surface area contributed by atoms with Crippen molar-refractivity contribution in [2.45, 2.75) is 33.2 Å². The van der Waals surface area contributed by atoms with Gasteiger partial charge in [0.1, 0.15) is 0 Å². The van der Waals surface area contributed by atoms with Crippen LogP contribution >= 0.6 is 0 Å². The molecule has 1 N–H and O–H groups in total. The molecule has 112 valence electrons. The highest BCUT2D eigenvalue weighted by molar-refractivity contribution is 5.75. The zero-order valence-corrected chi connectivity index (χ0v) is 12.8. The van der Waals surface area contributed by atoms with Crippen molar-refractivity contribution in [3.63, 3.8) is 0 Å². The number of likely N-dealkylation sites (tertiary alicyclic amines) is 1. The molecule has 0 aliphatic carbocycles. The summed E-state index contributed by atoms with van der Waals surface area (Å²) in [7, 11) is 0. The van der Waals surface area contributed by atoms with Crippen LogP contribution in [-0.4, -0.2) is 29.1 Å². The molecular formula is C17H22N2O2. The summed E-state index contributed by atoms with van der Waals surface area (Å²) in [6, 6.07) is 9.84. The van der Waals surface area contributed by atoms with Crippen molar-refractivity contribution in [2.75, 3.05) is 13.1 Å². The van der Waals surface area contributed by atoms with E-state index in [-0.39, 0.29) is 12.0 Å². The number of nitriles is 1. The molecule has 0 bridgehead atoms. The van der Waals surface area contributed by atoms with Crippen molar-refractivity contribution < 1.29 is 9.90 Å². The molecule has 1 saturated heterocycles. The summed E-state index contributed by atoms with van der Waals surface area (Å²) in [5.41, 5.74) is 1.06. The summed E-state index contributed by atoms with van der Waals surface area (Å²) >= 11 is 0. The fraction of sp³-hybridized carbons (Fsp3) is 0.529.